The van der Waals surface area contributed by atoms with Gasteiger partial charge in [-0.25, -0.2) is 0 Å². The Morgan fingerprint density at radius 2 is 2.12 bits per heavy atom. The van der Waals surface area contributed by atoms with E-state index in [0.29, 0.717) is 19.1 Å². The molecular formula is C18H28N4O2. The Morgan fingerprint density at radius 1 is 1.25 bits per heavy atom. The van der Waals surface area contributed by atoms with Crippen molar-refractivity contribution in [1.82, 2.24) is 20.1 Å². The average molecular weight is 332 g/mol. The molecule has 1 N–H and O–H groups in total. The number of pyridine rings is 1. The lowest BCUT2D eigenvalue weighted by molar-refractivity contribution is -0.123. The topological polar surface area (TPSA) is 57.7 Å². The lowest BCUT2D eigenvalue weighted by Gasteiger charge is -2.39. The van der Waals surface area contributed by atoms with Crippen LogP contribution in [0.3, 0.4) is 0 Å². The number of rotatable bonds is 6. The third-order valence-corrected chi connectivity index (χ3v) is 4.86. The van der Waals surface area contributed by atoms with Gasteiger partial charge in [0, 0.05) is 31.9 Å². The van der Waals surface area contributed by atoms with E-state index in [4.69, 9.17) is 4.74 Å². The number of carbonyl (C=O) groups excluding carboxylic acids is 1. The molecule has 1 aromatic heterocycles. The first-order valence-corrected chi connectivity index (χ1v) is 9.02. The molecule has 2 aliphatic rings. The summed E-state index contributed by atoms with van der Waals surface area (Å²) in [6.45, 7) is 6.74. The SMILES string of the molecule is O=C(CN1CCCC[C@H]1CN1CCOCC1)NCc1ccccn1. The monoisotopic (exact) mass is 332 g/mol. The second kappa shape index (κ2) is 9.11. The second-order valence-corrected chi connectivity index (χ2v) is 6.63. The zero-order valence-corrected chi connectivity index (χ0v) is 14.3. The summed E-state index contributed by atoms with van der Waals surface area (Å²) in [6.07, 6.45) is 5.39. The number of ether oxygens (including phenoxy) is 1. The summed E-state index contributed by atoms with van der Waals surface area (Å²) in [5, 5.41) is 2.99. The fourth-order valence-corrected chi connectivity index (χ4v) is 3.49. The average Bonchev–Trinajstić information content (AvgIpc) is 2.63. The number of likely N-dealkylation sites (tertiary alicyclic amines) is 1. The molecule has 0 unspecified atom stereocenters. The first kappa shape index (κ1) is 17.3. The molecule has 2 saturated heterocycles. The minimum Gasteiger partial charge on any atom is -0.379 e. The molecule has 0 radical (unpaired) electrons. The van der Waals surface area contributed by atoms with E-state index in [1.54, 1.807) is 6.20 Å². The molecule has 3 heterocycles. The van der Waals surface area contributed by atoms with E-state index < -0.39 is 0 Å². The lowest BCUT2D eigenvalue weighted by atomic mass is 10.0. The van der Waals surface area contributed by atoms with Crippen molar-refractivity contribution in [2.24, 2.45) is 0 Å². The molecule has 1 atom stereocenters. The highest BCUT2D eigenvalue weighted by Crippen LogP contribution is 2.18. The third kappa shape index (κ3) is 5.26. The van der Waals surface area contributed by atoms with E-state index in [2.05, 4.69) is 20.1 Å². The van der Waals surface area contributed by atoms with Crippen molar-refractivity contribution in [1.29, 1.82) is 0 Å². The van der Waals surface area contributed by atoms with Gasteiger partial charge in [-0.3, -0.25) is 19.6 Å². The normalized spacial score (nSPS) is 23.1. The number of hydrogen-bond acceptors (Lipinski definition) is 5. The number of piperidine rings is 1. The highest BCUT2D eigenvalue weighted by molar-refractivity contribution is 5.78. The molecule has 0 bridgehead atoms. The number of morpholine rings is 1. The van der Waals surface area contributed by atoms with E-state index >= 15 is 0 Å². The van der Waals surface area contributed by atoms with Crippen molar-refractivity contribution < 1.29 is 9.53 Å². The molecule has 6 heteroatoms. The number of nitrogens with zero attached hydrogens (tertiary/aromatic N) is 3. The third-order valence-electron chi connectivity index (χ3n) is 4.86. The Bertz CT molecular complexity index is 505. The summed E-state index contributed by atoms with van der Waals surface area (Å²) in [5.41, 5.74) is 0.898. The molecule has 132 valence electrons. The standard InChI is InChI=1S/C18H28N4O2/c23-18(20-13-16-5-1-3-7-19-16)15-22-8-4-2-6-17(22)14-21-9-11-24-12-10-21/h1,3,5,7,17H,2,4,6,8-15H2,(H,20,23)/t17-/m0/s1. The molecule has 0 aromatic carbocycles. The maximum absolute atomic E-state index is 12.3. The van der Waals surface area contributed by atoms with E-state index in [1.165, 1.54) is 19.3 Å². The summed E-state index contributed by atoms with van der Waals surface area (Å²) >= 11 is 0. The fourth-order valence-electron chi connectivity index (χ4n) is 3.49. The van der Waals surface area contributed by atoms with Crippen LogP contribution in [0.4, 0.5) is 0 Å². The number of amides is 1. The van der Waals surface area contributed by atoms with Crippen LogP contribution in [0, 0.1) is 0 Å². The predicted molar refractivity (Wildman–Crippen MR) is 92.6 cm³/mol. The van der Waals surface area contributed by atoms with Crippen LogP contribution < -0.4 is 5.32 Å². The van der Waals surface area contributed by atoms with Crippen LogP contribution in [0.2, 0.25) is 0 Å². The second-order valence-electron chi connectivity index (χ2n) is 6.63. The maximum Gasteiger partial charge on any atom is 0.234 e. The van der Waals surface area contributed by atoms with Crippen molar-refractivity contribution in [3.63, 3.8) is 0 Å². The largest absolute Gasteiger partial charge is 0.379 e. The van der Waals surface area contributed by atoms with Crippen LogP contribution in [-0.2, 0) is 16.1 Å². The molecule has 0 spiro atoms. The maximum atomic E-state index is 12.3. The van der Waals surface area contributed by atoms with Gasteiger partial charge in [-0.1, -0.05) is 12.5 Å². The van der Waals surface area contributed by atoms with E-state index in [0.717, 1.165) is 45.1 Å². The van der Waals surface area contributed by atoms with Crippen molar-refractivity contribution in [3.8, 4) is 0 Å². The van der Waals surface area contributed by atoms with Crippen LogP contribution in [0.15, 0.2) is 24.4 Å². The van der Waals surface area contributed by atoms with Crippen molar-refractivity contribution >= 4 is 5.91 Å². The van der Waals surface area contributed by atoms with Gasteiger partial charge < -0.3 is 10.1 Å². The van der Waals surface area contributed by atoms with Gasteiger partial charge in [0.25, 0.3) is 0 Å². The Hall–Kier alpha value is -1.50. The molecule has 0 saturated carbocycles. The summed E-state index contributed by atoms with van der Waals surface area (Å²) in [5.74, 6) is 0.0922. The molecule has 6 nitrogen and oxygen atoms in total. The van der Waals surface area contributed by atoms with E-state index in [-0.39, 0.29) is 5.91 Å². The molecule has 2 aliphatic heterocycles. The smallest absolute Gasteiger partial charge is 0.234 e. The minimum atomic E-state index is 0.0922. The predicted octanol–water partition coefficient (Wildman–Crippen LogP) is 0.885. The molecule has 1 aromatic rings. The summed E-state index contributed by atoms with van der Waals surface area (Å²) < 4.78 is 5.43. The van der Waals surface area contributed by atoms with Gasteiger partial charge >= 0.3 is 0 Å². The van der Waals surface area contributed by atoms with Crippen LogP contribution in [-0.4, -0.2) is 72.7 Å². The molecule has 2 fully saturated rings. The quantitative estimate of drug-likeness (QED) is 0.838. The zero-order chi connectivity index (χ0) is 16.6. The van der Waals surface area contributed by atoms with Gasteiger partial charge in [0.15, 0.2) is 0 Å². The van der Waals surface area contributed by atoms with E-state index in [9.17, 15) is 4.79 Å². The van der Waals surface area contributed by atoms with Crippen LogP contribution in [0.1, 0.15) is 25.0 Å². The Balaban J connectivity index is 1.46. The summed E-state index contributed by atoms with van der Waals surface area (Å²) in [7, 11) is 0. The Labute approximate surface area is 144 Å². The summed E-state index contributed by atoms with van der Waals surface area (Å²) in [6, 6.07) is 6.24. The highest BCUT2D eigenvalue weighted by atomic mass is 16.5. The van der Waals surface area contributed by atoms with Gasteiger partial charge in [-0.15, -0.1) is 0 Å². The number of aromatic nitrogens is 1. The van der Waals surface area contributed by atoms with Gasteiger partial charge in [0.05, 0.1) is 32.0 Å². The van der Waals surface area contributed by atoms with Gasteiger partial charge in [0.2, 0.25) is 5.91 Å². The highest BCUT2D eigenvalue weighted by Gasteiger charge is 2.26. The van der Waals surface area contributed by atoms with Gasteiger partial charge in [0.1, 0.15) is 0 Å². The molecular weight excluding hydrogens is 304 g/mol. The molecule has 3 rings (SSSR count). The first-order chi connectivity index (χ1) is 11.8. The van der Waals surface area contributed by atoms with Crippen molar-refractivity contribution in [2.45, 2.75) is 31.8 Å². The molecule has 24 heavy (non-hydrogen) atoms. The van der Waals surface area contributed by atoms with Crippen LogP contribution >= 0.6 is 0 Å². The number of nitrogens with one attached hydrogen (secondary N) is 1. The number of hydrogen-bond donors (Lipinski definition) is 1. The van der Waals surface area contributed by atoms with Crippen LogP contribution in [0.5, 0.6) is 0 Å². The Kier molecular flexibility index (Phi) is 6.57. The zero-order valence-electron chi connectivity index (χ0n) is 14.3. The van der Waals surface area contributed by atoms with Crippen molar-refractivity contribution in [2.75, 3.05) is 45.9 Å². The summed E-state index contributed by atoms with van der Waals surface area (Å²) in [4.78, 5) is 21.4. The fraction of sp³-hybridized carbons (Fsp3) is 0.667. The minimum absolute atomic E-state index is 0.0922. The Morgan fingerprint density at radius 3 is 2.92 bits per heavy atom. The lowest BCUT2D eigenvalue weighted by Crippen LogP contribution is -2.51. The number of carbonyl (C=O) groups is 1. The van der Waals surface area contributed by atoms with Gasteiger partial charge in [-0.05, 0) is 31.5 Å². The molecule has 0 aliphatic carbocycles. The molecule has 1 amide bonds. The van der Waals surface area contributed by atoms with Crippen molar-refractivity contribution in [3.05, 3.63) is 30.1 Å². The van der Waals surface area contributed by atoms with E-state index in [1.807, 2.05) is 18.2 Å². The first-order valence-electron chi connectivity index (χ1n) is 9.02. The van der Waals surface area contributed by atoms with Gasteiger partial charge in [-0.2, -0.15) is 0 Å². The van der Waals surface area contributed by atoms with Crippen LogP contribution in [0.25, 0.3) is 0 Å².